The van der Waals surface area contributed by atoms with Crippen LogP contribution >= 0.6 is 0 Å². The van der Waals surface area contributed by atoms with Crippen molar-refractivity contribution in [1.82, 2.24) is 9.55 Å². The fourth-order valence-corrected chi connectivity index (χ4v) is 4.12. The maximum Gasteiger partial charge on any atom is 0.338 e. The fraction of sp³-hybridized carbons (Fsp3) is 0.333. The molecule has 2 heterocycles. The van der Waals surface area contributed by atoms with Crippen LogP contribution in [-0.2, 0) is 9.53 Å². The summed E-state index contributed by atoms with van der Waals surface area (Å²) in [6.07, 6.45) is 1.59. The zero-order valence-corrected chi connectivity index (χ0v) is 18.3. The molecule has 2 aromatic carbocycles. The quantitative estimate of drug-likeness (QED) is 0.558. The first-order chi connectivity index (χ1) is 15.1. The molecule has 162 valence electrons. The number of rotatable bonds is 7. The summed E-state index contributed by atoms with van der Waals surface area (Å²) in [5, 5.41) is 3.40. The van der Waals surface area contributed by atoms with E-state index in [4.69, 9.17) is 19.2 Å². The molecule has 0 saturated heterocycles. The van der Waals surface area contributed by atoms with E-state index in [1.165, 1.54) is 0 Å². The van der Waals surface area contributed by atoms with Crippen LogP contribution in [0.4, 0.5) is 5.95 Å². The van der Waals surface area contributed by atoms with Crippen LogP contribution in [0.5, 0.6) is 11.5 Å². The Labute approximate surface area is 181 Å². The molecule has 31 heavy (non-hydrogen) atoms. The minimum absolute atomic E-state index is 0.303. The van der Waals surface area contributed by atoms with Crippen molar-refractivity contribution < 1.29 is 19.0 Å². The van der Waals surface area contributed by atoms with Crippen molar-refractivity contribution in [2.75, 3.05) is 26.1 Å². The second kappa shape index (κ2) is 8.71. The zero-order valence-electron chi connectivity index (χ0n) is 18.3. The monoisotopic (exact) mass is 421 g/mol. The minimum Gasteiger partial charge on any atom is -0.493 e. The van der Waals surface area contributed by atoms with Gasteiger partial charge in [-0.3, -0.25) is 4.57 Å². The number of carbonyl (C=O) groups excluding carboxylic acids is 1. The summed E-state index contributed by atoms with van der Waals surface area (Å²) in [5.41, 5.74) is 4.11. The predicted molar refractivity (Wildman–Crippen MR) is 120 cm³/mol. The Balaban J connectivity index is 2.00. The second-order valence-electron chi connectivity index (χ2n) is 7.30. The number of nitrogens with zero attached hydrogens (tertiary/aromatic N) is 2. The molecular weight excluding hydrogens is 394 g/mol. The SMILES string of the molecule is CCCC1=C(C(=O)OCC)C(c2ccc(OC)c(OC)c2)n2c(nc3ccccc32)N1. The number of fused-ring (bicyclic) bond motifs is 3. The molecule has 0 fully saturated rings. The van der Waals surface area contributed by atoms with Crippen molar-refractivity contribution in [1.29, 1.82) is 0 Å². The molecule has 1 aromatic heterocycles. The zero-order chi connectivity index (χ0) is 22.0. The summed E-state index contributed by atoms with van der Waals surface area (Å²) in [6.45, 7) is 4.20. The van der Waals surface area contributed by atoms with Crippen molar-refractivity contribution in [2.45, 2.75) is 32.7 Å². The van der Waals surface area contributed by atoms with Crippen molar-refractivity contribution in [3.8, 4) is 11.5 Å². The molecule has 7 heteroatoms. The smallest absolute Gasteiger partial charge is 0.338 e. The Morgan fingerprint density at radius 3 is 2.58 bits per heavy atom. The number of hydrogen-bond acceptors (Lipinski definition) is 6. The van der Waals surface area contributed by atoms with Crippen LogP contribution < -0.4 is 14.8 Å². The third kappa shape index (κ3) is 3.60. The Bertz CT molecular complexity index is 1150. The van der Waals surface area contributed by atoms with Crippen LogP contribution in [0.3, 0.4) is 0 Å². The number of benzene rings is 2. The third-order valence-electron chi connectivity index (χ3n) is 5.43. The lowest BCUT2D eigenvalue weighted by Gasteiger charge is -2.31. The van der Waals surface area contributed by atoms with Gasteiger partial charge < -0.3 is 19.5 Å². The highest BCUT2D eigenvalue weighted by Gasteiger charge is 2.36. The molecule has 1 N–H and O–H groups in total. The van der Waals surface area contributed by atoms with E-state index in [-0.39, 0.29) is 5.97 Å². The normalized spacial score (nSPS) is 15.4. The average Bonchev–Trinajstić information content (AvgIpc) is 3.16. The maximum atomic E-state index is 13.2. The number of aromatic nitrogens is 2. The second-order valence-corrected chi connectivity index (χ2v) is 7.30. The Morgan fingerprint density at radius 2 is 1.87 bits per heavy atom. The number of para-hydroxylation sites is 2. The number of ether oxygens (including phenoxy) is 3. The third-order valence-corrected chi connectivity index (χ3v) is 5.43. The summed E-state index contributed by atoms with van der Waals surface area (Å²) < 4.78 is 18.5. The molecule has 3 aromatic rings. The average molecular weight is 421 g/mol. The lowest BCUT2D eigenvalue weighted by Crippen LogP contribution is -2.29. The molecule has 0 amide bonds. The Morgan fingerprint density at radius 1 is 1.10 bits per heavy atom. The lowest BCUT2D eigenvalue weighted by atomic mass is 9.93. The molecule has 1 aliphatic heterocycles. The first kappa shape index (κ1) is 20.8. The van der Waals surface area contributed by atoms with Gasteiger partial charge in [-0.15, -0.1) is 0 Å². The van der Waals surface area contributed by atoms with Gasteiger partial charge in [-0.1, -0.05) is 31.5 Å². The van der Waals surface area contributed by atoms with Crippen LogP contribution in [0, 0.1) is 0 Å². The summed E-state index contributed by atoms with van der Waals surface area (Å²) in [4.78, 5) is 18.0. The molecule has 4 rings (SSSR count). The van der Waals surface area contributed by atoms with E-state index < -0.39 is 6.04 Å². The largest absolute Gasteiger partial charge is 0.493 e. The predicted octanol–water partition coefficient (Wildman–Crippen LogP) is 4.69. The number of anilines is 1. The summed E-state index contributed by atoms with van der Waals surface area (Å²) in [6, 6.07) is 13.2. The molecule has 1 unspecified atom stereocenters. The van der Waals surface area contributed by atoms with Crippen molar-refractivity contribution in [3.63, 3.8) is 0 Å². The van der Waals surface area contributed by atoms with E-state index in [0.717, 1.165) is 28.7 Å². The van der Waals surface area contributed by atoms with E-state index in [2.05, 4.69) is 16.8 Å². The van der Waals surface area contributed by atoms with Gasteiger partial charge in [0.2, 0.25) is 5.95 Å². The Hall–Kier alpha value is -3.48. The molecule has 0 spiro atoms. The van der Waals surface area contributed by atoms with Gasteiger partial charge in [0.1, 0.15) is 0 Å². The molecule has 0 bridgehead atoms. The number of carbonyl (C=O) groups is 1. The summed E-state index contributed by atoms with van der Waals surface area (Å²) in [7, 11) is 3.21. The first-order valence-corrected chi connectivity index (χ1v) is 10.5. The van der Waals surface area contributed by atoms with Crippen molar-refractivity contribution >= 4 is 23.0 Å². The highest BCUT2D eigenvalue weighted by molar-refractivity contribution is 5.94. The number of esters is 1. The van der Waals surface area contributed by atoms with Gasteiger partial charge in [0, 0.05) is 5.70 Å². The summed E-state index contributed by atoms with van der Waals surface area (Å²) >= 11 is 0. The standard InChI is InChI=1S/C24H27N3O4/c1-5-9-17-21(23(28)31-6-2)22(15-12-13-19(29-3)20(14-15)30-4)27-18-11-8-7-10-16(18)25-24(27)26-17/h7-8,10-14,22H,5-6,9H2,1-4H3,(H,25,26). The summed E-state index contributed by atoms with van der Waals surface area (Å²) in [5.74, 6) is 1.61. The number of methoxy groups -OCH3 is 2. The topological polar surface area (TPSA) is 74.6 Å². The van der Waals surface area contributed by atoms with Crippen LogP contribution in [0.15, 0.2) is 53.7 Å². The van der Waals surface area contributed by atoms with Gasteiger partial charge in [0.25, 0.3) is 0 Å². The van der Waals surface area contributed by atoms with Gasteiger partial charge in [0.15, 0.2) is 11.5 Å². The van der Waals surface area contributed by atoms with Gasteiger partial charge in [-0.2, -0.15) is 0 Å². The van der Waals surface area contributed by atoms with Gasteiger partial charge in [-0.05, 0) is 43.2 Å². The molecular formula is C24H27N3O4. The maximum absolute atomic E-state index is 13.2. The van der Waals surface area contributed by atoms with E-state index in [1.807, 2.05) is 49.4 Å². The highest BCUT2D eigenvalue weighted by atomic mass is 16.5. The van der Waals surface area contributed by atoms with Crippen LogP contribution in [-0.4, -0.2) is 36.3 Å². The van der Waals surface area contributed by atoms with E-state index in [1.54, 1.807) is 14.2 Å². The molecule has 1 atom stereocenters. The van der Waals surface area contributed by atoms with Gasteiger partial charge >= 0.3 is 5.97 Å². The molecule has 0 aliphatic carbocycles. The number of hydrogen-bond donors (Lipinski definition) is 1. The first-order valence-electron chi connectivity index (χ1n) is 10.5. The highest BCUT2D eigenvalue weighted by Crippen LogP contribution is 2.42. The number of nitrogens with one attached hydrogen (secondary N) is 1. The number of imidazole rings is 1. The van der Waals surface area contributed by atoms with Gasteiger partial charge in [0.05, 0.1) is 43.5 Å². The van der Waals surface area contributed by atoms with Crippen LogP contribution in [0.2, 0.25) is 0 Å². The minimum atomic E-state index is -0.413. The Kier molecular flexibility index (Phi) is 5.84. The van der Waals surface area contributed by atoms with Crippen LogP contribution in [0.1, 0.15) is 38.3 Å². The molecule has 7 nitrogen and oxygen atoms in total. The van der Waals surface area contributed by atoms with E-state index >= 15 is 0 Å². The molecule has 0 radical (unpaired) electrons. The number of allylic oxidation sites excluding steroid dienone is 1. The van der Waals surface area contributed by atoms with Crippen molar-refractivity contribution in [3.05, 3.63) is 59.3 Å². The van der Waals surface area contributed by atoms with E-state index in [0.29, 0.717) is 36.0 Å². The van der Waals surface area contributed by atoms with E-state index in [9.17, 15) is 4.79 Å². The molecule has 0 saturated carbocycles. The van der Waals surface area contributed by atoms with Gasteiger partial charge in [-0.25, -0.2) is 9.78 Å². The lowest BCUT2D eigenvalue weighted by molar-refractivity contribution is -0.139. The fourth-order valence-electron chi connectivity index (χ4n) is 4.12. The van der Waals surface area contributed by atoms with Crippen LogP contribution in [0.25, 0.3) is 11.0 Å². The molecule has 1 aliphatic rings. The van der Waals surface area contributed by atoms with Crippen molar-refractivity contribution in [2.24, 2.45) is 0 Å².